The Labute approximate surface area is 108 Å². The smallest absolute Gasteiger partial charge is 0.190 e. The van der Waals surface area contributed by atoms with Crippen LogP contribution in [0.5, 0.6) is 0 Å². The van der Waals surface area contributed by atoms with E-state index in [1.54, 1.807) is 0 Å². The average Bonchev–Trinajstić information content (AvgIpc) is 2.89. The molecule has 0 bridgehead atoms. The molecule has 0 N–H and O–H groups in total. The quantitative estimate of drug-likeness (QED) is 0.680. The van der Waals surface area contributed by atoms with E-state index in [-0.39, 0.29) is 0 Å². The number of ether oxygens (including phenoxy) is 1. The Morgan fingerprint density at radius 3 is 2.65 bits per heavy atom. The van der Waals surface area contributed by atoms with Crippen LogP contribution < -0.4 is 0 Å². The maximum atomic E-state index is 6.12. The number of hydrogen-bond donors (Lipinski definition) is 0. The van der Waals surface area contributed by atoms with Crippen molar-refractivity contribution in [1.82, 2.24) is 0 Å². The van der Waals surface area contributed by atoms with Gasteiger partial charge in [0, 0.05) is 13.2 Å². The summed E-state index contributed by atoms with van der Waals surface area (Å²) in [4.78, 5) is 0. The highest BCUT2D eigenvalue weighted by Gasteiger charge is 2.34. The molecule has 1 aliphatic carbocycles. The largest absolute Gasteiger partial charge is 0.421 e. The van der Waals surface area contributed by atoms with E-state index in [0.29, 0.717) is 11.1 Å². The second-order valence-electron chi connectivity index (χ2n) is 6.46. The first-order valence-corrected chi connectivity index (χ1v) is 8.79. The molecule has 2 aliphatic rings. The molecule has 1 atom stereocenters. The monoisotopic (exact) mass is 256 g/mol. The zero-order valence-corrected chi connectivity index (χ0v) is 13.0. The summed E-state index contributed by atoms with van der Waals surface area (Å²) >= 11 is 0. The minimum atomic E-state index is -0.439. The zero-order chi connectivity index (χ0) is 12.1. The average molecular weight is 256 g/mol. The van der Waals surface area contributed by atoms with Crippen LogP contribution in [0.3, 0.4) is 0 Å². The summed E-state index contributed by atoms with van der Waals surface area (Å²) in [5, 5.41) is 0. The first-order chi connectivity index (χ1) is 8.20. The summed E-state index contributed by atoms with van der Waals surface area (Å²) in [6.45, 7) is 6.69. The van der Waals surface area contributed by atoms with Gasteiger partial charge in [-0.15, -0.1) is 0 Å². The summed E-state index contributed by atoms with van der Waals surface area (Å²) in [7, 11) is -0.439. The Kier molecular flexibility index (Phi) is 5.06. The van der Waals surface area contributed by atoms with E-state index in [1.807, 2.05) is 0 Å². The van der Waals surface area contributed by atoms with Crippen molar-refractivity contribution >= 4 is 9.76 Å². The van der Waals surface area contributed by atoms with Crippen LogP contribution in [0.15, 0.2) is 0 Å². The maximum absolute atomic E-state index is 6.12. The predicted octanol–water partition coefficient (Wildman–Crippen LogP) is 2.83. The lowest BCUT2D eigenvalue weighted by Gasteiger charge is -2.31. The maximum Gasteiger partial charge on any atom is 0.190 e. The number of hydrogen-bond acceptors (Lipinski definition) is 2. The van der Waals surface area contributed by atoms with E-state index in [2.05, 4.69) is 13.8 Å². The summed E-state index contributed by atoms with van der Waals surface area (Å²) in [5.74, 6) is 0.807. The summed E-state index contributed by atoms with van der Waals surface area (Å²) in [6, 6.07) is 0. The minimum Gasteiger partial charge on any atom is -0.421 e. The van der Waals surface area contributed by atoms with Crippen molar-refractivity contribution in [3.8, 4) is 0 Å². The van der Waals surface area contributed by atoms with Gasteiger partial charge in [0.05, 0.1) is 5.73 Å². The fourth-order valence-corrected chi connectivity index (χ4v) is 5.11. The molecule has 0 amide bonds. The molecule has 2 fully saturated rings. The zero-order valence-electron chi connectivity index (χ0n) is 11.5. The molecular formula is C14H28O2Si. The van der Waals surface area contributed by atoms with Crippen molar-refractivity contribution in [2.45, 2.75) is 64.5 Å². The first-order valence-electron chi connectivity index (χ1n) is 7.40. The van der Waals surface area contributed by atoms with Crippen molar-refractivity contribution in [1.29, 1.82) is 0 Å². The van der Waals surface area contributed by atoms with Gasteiger partial charge in [0.1, 0.15) is 0 Å². The van der Waals surface area contributed by atoms with E-state index >= 15 is 0 Å². The molecule has 3 heteroatoms. The van der Waals surface area contributed by atoms with Crippen LogP contribution >= 0.6 is 0 Å². The Hall–Kier alpha value is 0.137. The van der Waals surface area contributed by atoms with Crippen LogP contribution in [-0.2, 0) is 9.16 Å². The van der Waals surface area contributed by atoms with Crippen LogP contribution in [0.25, 0.3) is 0 Å². The highest BCUT2D eigenvalue weighted by Crippen LogP contribution is 2.43. The van der Waals surface area contributed by atoms with Crippen LogP contribution in [0, 0.1) is 11.3 Å². The summed E-state index contributed by atoms with van der Waals surface area (Å²) in [5.41, 5.74) is 1.05. The summed E-state index contributed by atoms with van der Waals surface area (Å²) < 4.78 is 11.8. The van der Waals surface area contributed by atoms with Crippen molar-refractivity contribution in [3.63, 3.8) is 0 Å². The third-order valence-electron chi connectivity index (χ3n) is 4.24. The molecule has 1 unspecified atom stereocenters. The molecule has 0 aromatic heterocycles. The normalized spacial score (nSPS) is 28.8. The van der Waals surface area contributed by atoms with E-state index in [1.165, 1.54) is 44.9 Å². The third-order valence-corrected chi connectivity index (χ3v) is 5.70. The fraction of sp³-hybridized carbons (Fsp3) is 1.00. The Bertz CT molecular complexity index is 218. The van der Waals surface area contributed by atoms with Gasteiger partial charge in [-0.3, -0.25) is 0 Å². The number of rotatable bonds is 6. The highest BCUT2D eigenvalue weighted by atomic mass is 28.2. The van der Waals surface area contributed by atoms with Gasteiger partial charge in [0.15, 0.2) is 9.76 Å². The molecule has 1 heterocycles. The molecule has 2 rings (SSSR count). The predicted molar refractivity (Wildman–Crippen MR) is 73.8 cm³/mol. The third kappa shape index (κ3) is 4.07. The highest BCUT2D eigenvalue weighted by molar-refractivity contribution is 6.29. The van der Waals surface area contributed by atoms with Gasteiger partial charge in [-0.05, 0) is 43.4 Å². The summed E-state index contributed by atoms with van der Waals surface area (Å²) in [6.07, 6.45) is 9.47. The lowest BCUT2D eigenvalue weighted by atomic mass is 9.79. The van der Waals surface area contributed by atoms with Gasteiger partial charge in [0.2, 0.25) is 0 Å². The molecule has 0 spiro atoms. The van der Waals surface area contributed by atoms with Crippen LogP contribution in [0.2, 0.25) is 0 Å². The van der Waals surface area contributed by atoms with Crippen molar-refractivity contribution < 1.29 is 9.16 Å². The lowest BCUT2D eigenvalue weighted by molar-refractivity contribution is 0.105. The van der Waals surface area contributed by atoms with E-state index in [4.69, 9.17) is 9.16 Å². The van der Waals surface area contributed by atoms with E-state index in [0.717, 1.165) is 19.1 Å². The fourth-order valence-electron chi connectivity index (χ4n) is 3.58. The molecular weight excluding hydrogens is 228 g/mol. The molecule has 1 saturated carbocycles. The van der Waals surface area contributed by atoms with E-state index < -0.39 is 9.76 Å². The van der Waals surface area contributed by atoms with Crippen LogP contribution in [0.1, 0.15) is 58.8 Å². The van der Waals surface area contributed by atoms with Gasteiger partial charge in [-0.1, -0.05) is 26.7 Å². The van der Waals surface area contributed by atoms with Crippen molar-refractivity contribution in [3.05, 3.63) is 0 Å². The van der Waals surface area contributed by atoms with Crippen LogP contribution in [-0.4, -0.2) is 28.7 Å². The van der Waals surface area contributed by atoms with Gasteiger partial charge in [-0.25, -0.2) is 0 Å². The van der Waals surface area contributed by atoms with Gasteiger partial charge >= 0.3 is 0 Å². The van der Waals surface area contributed by atoms with Gasteiger partial charge < -0.3 is 9.16 Å². The molecule has 1 aliphatic heterocycles. The van der Waals surface area contributed by atoms with Crippen molar-refractivity contribution in [2.24, 2.45) is 11.3 Å². The SMILES string of the molecule is CC(C)CC1(CO[SiH2]C2CCCO2)CCCC1. The minimum absolute atomic E-state index is 0.439. The lowest BCUT2D eigenvalue weighted by Crippen LogP contribution is -2.29. The molecule has 0 radical (unpaired) electrons. The van der Waals surface area contributed by atoms with Crippen molar-refractivity contribution in [2.75, 3.05) is 13.2 Å². The topological polar surface area (TPSA) is 18.5 Å². The molecule has 17 heavy (non-hydrogen) atoms. The van der Waals surface area contributed by atoms with Gasteiger partial charge in [-0.2, -0.15) is 0 Å². The molecule has 2 nitrogen and oxygen atoms in total. The standard InChI is InChI=1S/C14H28O2Si/c1-12(2)10-14(7-3-4-8-14)11-16-17-13-6-5-9-15-13/h12-13H,3-11,17H2,1-2H3. The van der Waals surface area contributed by atoms with Crippen LogP contribution in [0.4, 0.5) is 0 Å². The second kappa shape index (κ2) is 6.35. The van der Waals surface area contributed by atoms with Gasteiger partial charge in [0.25, 0.3) is 0 Å². The molecule has 100 valence electrons. The Morgan fingerprint density at radius 1 is 1.29 bits per heavy atom. The first kappa shape index (κ1) is 13.6. The molecule has 1 saturated heterocycles. The Balaban J connectivity index is 1.73. The Morgan fingerprint density at radius 2 is 2.06 bits per heavy atom. The molecule has 0 aromatic carbocycles. The van der Waals surface area contributed by atoms with E-state index in [9.17, 15) is 0 Å². The molecule has 0 aromatic rings. The second-order valence-corrected chi connectivity index (χ2v) is 8.11.